The van der Waals surface area contributed by atoms with E-state index in [4.69, 9.17) is 4.84 Å². The molecule has 22 heavy (non-hydrogen) atoms. The molecule has 1 aliphatic rings. The van der Waals surface area contributed by atoms with Crippen LogP contribution in [0.4, 0.5) is 4.39 Å². The molecule has 2 aromatic carbocycles. The zero-order valence-corrected chi connectivity index (χ0v) is 12.2. The van der Waals surface area contributed by atoms with Crippen molar-refractivity contribution in [1.82, 2.24) is 5.06 Å². The van der Waals surface area contributed by atoms with Crippen molar-refractivity contribution in [3.05, 3.63) is 71.5 Å². The molecule has 1 fully saturated rings. The predicted octanol–water partition coefficient (Wildman–Crippen LogP) is 3.66. The third-order valence-corrected chi connectivity index (χ3v) is 3.95. The Morgan fingerprint density at radius 1 is 1.09 bits per heavy atom. The van der Waals surface area contributed by atoms with Gasteiger partial charge in [0.2, 0.25) is 5.91 Å². The molecule has 114 valence electrons. The molecule has 0 radical (unpaired) electrons. The maximum absolute atomic E-state index is 13.0. The van der Waals surface area contributed by atoms with E-state index in [0.29, 0.717) is 19.6 Å². The second kappa shape index (κ2) is 6.71. The standard InChI is InChI=1S/C18H18FNO2/c19-17-8-6-15(7-9-17)16-10-11-20(18(21)12-16)22-13-14-4-2-1-3-5-14/h1-9,16H,10-13H2/t16-/m1/s1. The van der Waals surface area contributed by atoms with Crippen molar-refractivity contribution in [2.24, 2.45) is 0 Å². The number of hydroxylamine groups is 2. The van der Waals surface area contributed by atoms with Crippen LogP contribution in [0, 0.1) is 5.82 Å². The Labute approximate surface area is 129 Å². The summed E-state index contributed by atoms with van der Waals surface area (Å²) in [6.07, 6.45) is 1.23. The van der Waals surface area contributed by atoms with Crippen molar-refractivity contribution >= 4 is 5.91 Å². The van der Waals surface area contributed by atoms with E-state index in [1.807, 2.05) is 30.3 Å². The van der Waals surface area contributed by atoms with Gasteiger partial charge in [0.05, 0.1) is 0 Å². The fraction of sp³-hybridized carbons (Fsp3) is 0.278. The molecule has 3 rings (SSSR count). The quantitative estimate of drug-likeness (QED) is 0.862. The Bertz CT molecular complexity index is 627. The molecule has 1 aliphatic heterocycles. The zero-order valence-electron chi connectivity index (χ0n) is 12.2. The van der Waals surface area contributed by atoms with Gasteiger partial charge in [-0.05, 0) is 35.6 Å². The largest absolute Gasteiger partial charge is 0.273 e. The van der Waals surface area contributed by atoms with Gasteiger partial charge in [-0.25, -0.2) is 9.45 Å². The molecule has 1 saturated heterocycles. The molecule has 4 heteroatoms. The lowest BCUT2D eigenvalue weighted by Gasteiger charge is -2.31. The molecule has 0 N–H and O–H groups in total. The van der Waals surface area contributed by atoms with Gasteiger partial charge in [-0.2, -0.15) is 0 Å². The van der Waals surface area contributed by atoms with E-state index in [1.54, 1.807) is 12.1 Å². The minimum absolute atomic E-state index is 0.0171. The van der Waals surface area contributed by atoms with E-state index in [9.17, 15) is 9.18 Å². The highest BCUT2D eigenvalue weighted by molar-refractivity contribution is 5.77. The van der Waals surface area contributed by atoms with Crippen LogP contribution in [0.3, 0.4) is 0 Å². The van der Waals surface area contributed by atoms with Crippen molar-refractivity contribution in [2.75, 3.05) is 6.54 Å². The van der Waals surface area contributed by atoms with Crippen molar-refractivity contribution in [3.63, 3.8) is 0 Å². The molecule has 0 unspecified atom stereocenters. The summed E-state index contributed by atoms with van der Waals surface area (Å²) in [5.74, 6) is -0.125. The first-order valence-electron chi connectivity index (χ1n) is 7.45. The molecule has 0 aliphatic carbocycles. The third-order valence-electron chi connectivity index (χ3n) is 3.95. The van der Waals surface area contributed by atoms with Gasteiger partial charge >= 0.3 is 0 Å². The molecule has 1 atom stereocenters. The van der Waals surface area contributed by atoms with Crippen LogP contribution >= 0.6 is 0 Å². The maximum Gasteiger partial charge on any atom is 0.246 e. The monoisotopic (exact) mass is 299 g/mol. The lowest BCUT2D eigenvalue weighted by atomic mass is 9.90. The highest BCUT2D eigenvalue weighted by Gasteiger charge is 2.27. The highest BCUT2D eigenvalue weighted by Crippen LogP contribution is 2.29. The second-order valence-corrected chi connectivity index (χ2v) is 5.50. The second-order valence-electron chi connectivity index (χ2n) is 5.50. The van der Waals surface area contributed by atoms with Crippen LogP contribution in [-0.4, -0.2) is 17.5 Å². The minimum atomic E-state index is -0.251. The van der Waals surface area contributed by atoms with E-state index in [-0.39, 0.29) is 17.6 Å². The van der Waals surface area contributed by atoms with Crippen LogP contribution in [0.2, 0.25) is 0 Å². The Morgan fingerprint density at radius 2 is 1.82 bits per heavy atom. The SMILES string of the molecule is O=C1C[C@H](c2ccc(F)cc2)CCN1OCc1ccccc1. The van der Waals surface area contributed by atoms with Gasteiger partial charge in [-0.15, -0.1) is 0 Å². The third kappa shape index (κ3) is 3.52. The van der Waals surface area contributed by atoms with Gasteiger partial charge < -0.3 is 0 Å². The number of rotatable bonds is 4. The van der Waals surface area contributed by atoms with Crippen LogP contribution in [-0.2, 0) is 16.2 Å². The minimum Gasteiger partial charge on any atom is -0.273 e. The summed E-state index contributed by atoms with van der Waals surface area (Å²) in [5.41, 5.74) is 2.05. The van der Waals surface area contributed by atoms with Crippen molar-refractivity contribution in [3.8, 4) is 0 Å². The summed E-state index contributed by atoms with van der Waals surface area (Å²) in [7, 11) is 0. The molecule has 2 aromatic rings. The molecule has 1 amide bonds. The normalized spacial score (nSPS) is 18.5. The number of nitrogens with zero attached hydrogens (tertiary/aromatic N) is 1. The fourth-order valence-electron chi connectivity index (χ4n) is 2.70. The average molecular weight is 299 g/mol. The molecular formula is C18H18FNO2. The van der Waals surface area contributed by atoms with Crippen LogP contribution in [0.15, 0.2) is 54.6 Å². The number of hydrogen-bond acceptors (Lipinski definition) is 2. The predicted molar refractivity (Wildman–Crippen MR) is 81.3 cm³/mol. The summed E-state index contributed by atoms with van der Waals surface area (Å²) in [5, 5.41) is 1.45. The Kier molecular flexibility index (Phi) is 4.49. The number of halogens is 1. The van der Waals surface area contributed by atoms with E-state index < -0.39 is 0 Å². The number of amides is 1. The first kappa shape index (κ1) is 14.7. The lowest BCUT2D eigenvalue weighted by molar-refractivity contribution is -0.197. The fourth-order valence-corrected chi connectivity index (χ4v) is 2.70. The Balaban J connectivity index is 1.56. The van der Waals surface area contributed by atoms with Crippen LogP contribution in [0.5, 0.6) is 0 Å². The molecule has 3 nitrogen and oxygen atoms in total. The molecule has 1 heterocycles. The highest BCUT2D eigenvalue weighted by atomic mass is 19.1. The molecule has 0 saturated carbocycles. The number of piperidine rings is 1. The van der Waals surface area contributed by atoms with E-state index in [1.165, 1.54) is 17.2 Å². The molecule has 0 bridgehead atoms. The number of carbonyl (C=O) groups is 1. The van der Waals surface area contributed by atoms with Gasteiger partial charge in [0.15, 0.2) is 0 Å². The van der Waals surface area contributed by atoms with Crippen LogP contribution in [0.25, 0.3) is 0 Å². The zero-order chi connectivity index (χ0) is 15.4. The van der Waals surface area contributed by atoms with Gasteiger partial charge in [0.1, 0.15) is 12.4 Å². The van der Waals surface area contributed by atoms with E-state index in [2.05, 4.69) is 0 Å². The summed E-state index contributed by atoms with van der Waals surface area (Å²) < 4.78 is 13.0. The smallest absolute Gasteiger partial charge is 0.246 e. The first-order valence-corrected chi connectivity index (χ1v) is 7.45. The Morgan fingerprint density at radius 3 is 2.50 bits per heavy atom. The Hall–Kier alpha value is -2.20. The van der Waals surface area contributed by atoms with Crippen molar-refractivity contribution in [2.45, 2.75) is 25.4 Å². The van der Waals surface area contributed by atoms with Crippen molar-refractivity contribution in [1.29, 1.82) is 0 Å². The molecule has 0 spiro atoms. The molecular weight excluding hydrogens is 281 g/mol. The summed E-state index contributed by atoms with van der Waals surface area (Å²) in [6.45, 7) is 0.960. The van der Waals surface area contributed by atoms with Gasteiger partial charge in [0, 0.05) is 13.0 Å². The first-order chi connectivity index (χ1) is 10.7. The van der Waals surface area contributed by atoms with Gasteiger partial charge in [-0.1, -0.05) is 42.5 Å². The topological polar surface area (TPSA) is 29.5 Å². The average Bonchev–Trinajstić information content (AvgIpc) is 2.55. The summed E-state index contributed by atoms with van der Waals surface area (Å²) in [6, 6.07) is 16.2. The van der Waals surface area contributed by atoms with E-state index in [0.717, 1.165) is 17.5 Å². The maximum atomic E-state index is 13.0. The van der Waals surface area contributed by atoms with Crippen LogP contribution < -0.4 is 0 Å². The number of carbonyl (C=O) groups excluding carboxylic acids is 1. The summed E-state index contributed by atoms with van der Waals surface area (Å²) >= 11 is 0. The summed E-state index contributed by atoms with van der Waals surface area (Å²) in [4.78, 5) is 17.8. The van der Waals surface area contributed by atoms with E-state index >= 15 is 0 Å². The molecule has 0 aromatic heterocycles. The number of hydrogen-bond donors (Lipinski definition) is 0. The van der Waals surface area contributed by atoms with Crippen LogP contribution in [0.1, 0.15) is 29.9 Å². The lowest BCUT2D eigenvalue weighted by Crippen LogP contribution is -2.38. The van der Waals surface area contributed by atoms with Gasteiger partial charge in [-0.3, -0.25) is 9.63 Å². The van der Waals surface area contributed by atoms with Gasteiger partial charge in [0.25, 0.3) is 0 Å². The van der Waals surface area contributed by atoms with Crippen molar-refractivity contribution < 1.29 is 14.0 Å². The number of benzene rings is 2.